The Morgan fingerprint density at radius 2 is 1.79 bits per heavy atom. The van der Waals surface area contributed by atoms with Crippen LogP contribution >= 0.6 is 0 Å². The van der Waals surface area contributed by atoms with Crippen LogP contribution in [0.2, 0.25) is 0 Å². The fraction of sp³-hybridized carbons (Fsp3) is 0.304. The molecule has 28 heavy (non-hydrogen) atoms. The molecule has 0 saturated heterocycles. The Labute approximate surface area is 165 Å². The standard InChI is InChI=1S/C23H26N4O/c1-4-21-18(3)24-23-26(20-12-8-9-17(2)13-20)15-25(16-27(23)22(21)28)14-19-10-6-5-7-11-19/h5-13H,4,14-16H2,1-3H3. The highest BCUT2D eigenvalue weighted by Crippen LogP contribution is 2.29. The van der Waals surface area contributed by atoms with Gasteiger partial charge in [0.25, 0.3) is 5.56 Å². The molecule has 0 radical (unpaired) electrons. The molecule has 0 amide bonds. The van der Waals surface area contributed by atoms with E-state index in [1.807, 2.05) is 24.5 Å². The molecule has 0 unspecified atom stereocenters. The lowest BCUT2D eigenvalue weighted by Crippen LogP contribution is -2.47. The molecule has 0 fully saturated rings. The summed E-state index contributed by atoms with van der Waals surface area (Å²) in [7, 11) is 0. The first-order chi connectivity index (χ1) is 13.6. The van der Waals surface area contributed by atoms with Crippen LogP contribution in [0.4, 0.5) is 11.6 Å². The summed E-state index contributed by atoms with van der Waals surface area (Å²) in [5.41, 5.74) is 5.18. The number of anilines is 2. The van der Waals surface area contributed by atoms with Gasteiger partial charge in [0.05, 0.1) is 13.3 Å². The van der Waals surface area contributed by atoms with Crippen molar-refractivity contribution in [3.63, 3.8) is 0 Å². The van der Waals surface area contributed by atoms with E-state index in [0.29, 0.717) is 19.8 Å². The van der Waals surface area contributed by atoms with Crippen LogP contribution in [0.15, 0.2) is 59.4 Å². The predicted octanol–water partition coefficient (Wildman–Crippen LogP) is 3.99. The van der Waals surface area contributed by atoms with Crippen molar-refractivity contribution in [1.82, 2.24) is 14.5 Å². The zero-order chi connectivity index (χ0) is 19.7. The highest BCUT2D eigenvalue weighted by atomic mass is 16.1. The highest BCUT2D eigenvalue weighted by molar-refractivity contribution is 5.59. The molecule has 3 aromatic rings. The fourth-order valence-electron chi connectivity index (χ4n) is 3.87. The number of rotatable bonds is 4. The molecule has 1 aliphatic rings. The Morgan fingerprint density at radius 3 is 2.50 bits per heavy atom. The normalized spacial score (nSPS) is 14.2. The van der Waals surface area contributed by atoms with Crippen molar-refractivity contribution >= 4 is 11.6 Å². The largest absolute Gasteiger partial charge is 0.298 e. The first-order valence-electron chi connectivity index (χ1n) is 9.77. The molecule has 0 aliphatic carbocycles. The molecule has 4 rings (SSSR count). The van der Waals surface area contributed by atoms with E-state index in [-0.39, 0.29) is 5.56 Å². The van der Waals surface area contributed by atoms with Gasteiger partial charge in [-0.2, -0.15) is 0 Å². The van der Waals surface area contributed by atoms with Gasteiger partial charge in [-0.05, 0) is 43.5 Å². The van der Waals surface area contributed by atoms with Gasteiger partial charge in [0, 0.05) is 23.5 Å². The van der Waals surface area contributed by atoms with Crippen LogP contribution in [0.1, 0.15) is 29.3 Å². The number of aromatic nitrogens is 2. The summed E-state index contributed by atoms with van der Waals surface area (Å²) in [5.74, 6) is 0.731. The lowest BCUT2D eigenvalue weighted by molar-refractivity contribution is 0.189. The van der Waals surface area contributed by atoms with Gasteiger partial charge in [-0.1, -0.05) is 49.4 Å². The quantitative estimate of drug-likeness (QED) is 0.692. The number of hydrogen-bond acceptors (Lipinski definition) is 4. The van der Waals surface area contributed by atoms with Crippen molar-refractivity contribution < 1.29 is 0 Å². The zero-order valence-corrected chi connectivity index (χ0v) is 16.7. The molecule has 0 spiro atoms. The average molecular weight is 374 g/mol. The summed E-state index contributed by atoms with van der Waals surface area (Å²) in [6.07, 6.45) is 0.696. The molecule has 5 nitrogen and oxygen atoms in total. The fourth-order valence-corrected chi connectivity index (χ4v) is 3.87. The maximum Gasteiger partial charge on any atom is 0.259 e. The van der Waals surface area contributed by atoms with Crippen LogP contribution in [-0.4, -0.2) is 21.1 Å². The summed E-state index contributed by atoms with van der Waals surface area (Å²) in [5, 5.41) is 0. The summed E-state index contributed by atoms with van der Waals surface area (Å²) in [6.45, 7) is 8.06. The van der Waals surface area contributed by atoms with Gasteiger partial charge in [-0.25, -0.2) is 4.98 Å². The molecule has 2 aromatic carbocycles. The third-order valence-electron chi connectivity index (χ3n) is 5.29. The van der Waals surface area contributed by atoms with Crippen LogP contribution in [-0.2, 0) is 19.6 Å². The summed E-state index contributed by atoms with van der Waals surface area (Å²) < 4.78 is 1.82. The predicted molar refractivity (Wildman–Crippen MR) is 113 cm³/mol. The van der Waals surface area contributed by atoms with Gasteiger partial charge in [-0.15, -0.1) is 0 Å². The van der Waals surface area contributed by atoms with Crippen LogP contribution in [0, 0.1) is 13.8 Å². The molecule has 0 saturated carbocycles. The second kappa shape index (κ2) is 7.60. The third kappa shape index (κ3) is 3.45. The maximum absolute atomic E-state index is 13.2. The Kier molecular flexibility index (Phi) is 5.01. The van der Waals surface area contributed by atoms with Crippen molar-refractivity contribution in [2.24, 2.45) is 0 Å². The minimum Gasteiger partial charge on any atom is -0.298 e. The number of hydrogen-bond donors (Lipinski definition) is 0. The first kappa shape index (κ1) is 18.4. The monoisotopic (exact) mass is 374 g/mol. The topological polar surface area (TPSA) is 41.4 Å². The van der Waals surface area contributed by atoms with Gasteiger partial charge in [-0.3, -0.25) is 19.2 Å². The van der Waals surface area contributed by atoms with Crippen LogP contribution in [0.3, 0.4) is 0 Å². The van der Waals surface area contributed by atoms with E-state index >= 15 is 0 Å². The van der Waals surface area contributed by atoms with E-state index in [4.69, 9.17) is 4.98 Å². The van der Waals surface area contributed by atoms with E-state index < -0.39 is 0 Å². The highest BCUT2D eigenvalue weighted by Gasteiger charge is 2.27. The second-order valence-electron chi connectivity index (χ2n) is 7.43. The van der Waals surface area contributed by atoms with Gasteiger partial charge in [0.15, 0.2) is 0 Å². The molecule has 2 heterocycles. The number of benzene rings is 2. The molecule has 1 aliphatic heterocycles. The molecule has 0 bridgehead atoms. The number of fused-ring (bicyclic) bond motifs is 1. The molecule has 5 heteroatoms. The lowest BCUT2D eigenvalue weighted by atomic mass is 10.1. The Hall–Kier alpha value is -2.92. The summed E-state index contributed by atoms with van der Waals surface area (Å²) >= 11 is 0. The maximum atomic E-state index is 13.2. The van der Waals surface area contributed by atoms with E-state index in [0.717, 1.165) is 29.4 Å². The van der Waals surface area contributed by atoms with E-state index in [1.165, 1.54) is 11.1 Å². The average Bonchev–Trinajstić information content (AvgIpc) is 2.69. The lowest BCUT2D eigenvalue weighted by Gasteiger charge is -2.38. The molecule has 0 N–H and O–H groups in total. The van der Waals surface area contributed by atoms with Crippen molar-refractivity contribution in [3.05, 3.63) is 87.3 Å². The molecule has 0 atom stereocenters. The van der Waals surface area contributed by atoms with E-state index in [1.54, 1.807) is 0 Å². The van der Waals surface area contributed by atoms with Gasteiger partial charge < -0.3 is 0 Å². The SMILES string of the molecule is CCc1c(C)nc2n(c1=O)CN(Cc1ccccc1)CN2c1cccc(C)c1. The van der Waals surface area contributed by atoms with Crippen LogP contribution in [0.5, 0.6) is 0 Å². The number of nitrogens with zero attached hydrogens (tertiary/aromatic N) is 4. The summed E-state index contributed by atoms with van der Waals surface area (Å²) in [4.78, 5) is 22.4. The van der Waals surface area contributed by atoms with Crippen molar-refractivity contribution in [2.45, 2.75) is 40.4 Å². The number of aryl methyl sites for hydroxylation is 2. The first-order valence-corrected chi connectivity index (χ1v) is 9.77. The molecule has 1 aromatic heterocycles. The van der Waals surface area contributed by atoms with Gasteiger partial charge in [0.2, 0.25) is 5.95 Å². The zero-order valence-electron chi connectivity index (χ0n) is 16.7. The van der Waals surface area contributed by atoms with E-state index in [2.05, 4.69) is 65.3 Å². The Morgan fingerprint density at radius 1 is 1.00 bits per heavy atom. The van der Waals surface area contributed by atoms with Gasteiger partial charge in [0.1, 0.15) is 0 Å². The minimum absolute atomic E-state index is 0.0698. The molecule has 144 valence electrons. The molecular formula is C23H26N4O. The van der Waals surface area contributed by atoms with Crippen molar-refractivity contribution in [3.8, 4) is 0 Å². The second-order valence-corrected chi connectivity index (χ2v) is 7.43. The Bertz CT molecular complexity index is 1040. The van der Waals surface area contributed by atoms with Crippen LogP contribution < -0.4 is 10.5 Å². The van der Waals surface area contributed by atoms with Gasteiger partial charge >= 0.3 is 0 Å². The van der Waals surface area contributed by atoms with Crippen molar-refractivity contribution in [2.75, 3.05) is 11.6 Å². The third-order valence-corrected chi connectivity index (χ3v) is 5.29. The van der Waals surface area contributed by atoms with E-state index in [9.17, 15) is 4.79 Å². The molecular weight excluding hydrogens is 348 g/mol. The van der Waals surface area contributed by atoms with Crippen LogP contribution in [0.25, 0.3) is 0 Å². The smallest absolute Gasteiger partial charge is 0.259 e. The Balaban J connectivity index is 1.80. The van der Waals surface area contributed by atoms with Crippen molar-refractivity contribution in [1.29, 1.82) is 0 Å². The minimum atomic E-state index is 0.0698. The summed E-state index contributed by atoms with van der Waals surface area (Å²) in [6, 6.07) is 18.7.